The third kappa shape index (κ3) is 2.11. The number of hydrogen-bond donors (Lipinski definition) is 0. The van der Waals surface area contributed by atoms with Gasteiger partial charge in [0.05, 0.1) is 7.11 Å². The fourth-order valence-corrected chi connectivity index (χ4v) is 1.85. The number of ketones is 1. The van der Waals surface area contributed by atoms with Gasteiger partial charge in [0.1, 0.15) is 6.04 Å². The Morgan fingerprint density at radius 3 is 2.39 bits per heavy atom. The molecule has 1 amide bonds. The van der Waals surface area contributed by atoms with Gasteiger partial charge in [-0.3, -0.25) is 9.59 Å². The first kappa shape index (κ1) is 12.3. The molecule has 0 N–H and O–H groups in total. The Kier molecular flexibility index (Phi) is 3.41. The van der Waals surface area contributed by atoms with E-state index in [-0.39, 0.29) is 0 Å². The molecule has 0 bridgehead atoms. The molecule has 1 aromatic carbocycles. The van der Waals surface area contributed by atoms with Crippen molar-refractivity contribution in [2.75, 3.05) is 13.7 Å². The number of ether oxygens (including phenoxy) is 1. The van der Waals surface area contributed by atoms with Gasteiger partial charge in [0.25, 0.3) is 5.91 Å². The first-order chi connectivity index (χ1) is 8.65. The van der Waals surface area contributed by atoms with Crippen LogP contribution in [0.1, 0.15) is 16.8 Å². The average Bonchev–Trinajstić information content (AvgIpc) is 2.37. The van der Waals surface area contributed by atoms with Gasteiger partial charge in [-0.2, -0.15) is 0 Å². The van der Waals surface area contributed by atoms with Gasteiger partial charge >= 0.3 is 5.97 Å². The van der Waals surface area contributed by atoms with E-state index in [9.17, 15) is 14.4 Å². The second-order valence-corrected chi connectivity index (χ2v) is 4.02. The molecular formula is C13H13NO4. The van der Waals surface area contributed by atoms with Crippen molar-refractivity contribution in [1.82, 2.24) is 4.90 Å². The van der Waals surface area contributed by atoms with Gasteiger partial charge in [-0.25, -0.2) is 4.79 Å². The molecule has 2 rings (SSSR count). The summed E-state index contributed by atoms with van der Waals surface area (Å²) in [5.74, 6) is -1.72. The van der Waals surface area contributed by atoms with E-state index in [0.29, 0.717) is 18.5 Å². The zero-order chi connectivity index (χ0) is 13.1. The number of amides is 1. The van der Waals surface area contributed by atoms with Crippen molar-refractivity contribution in [3.8, 4) is 0 Å². The Labute approximate surface area is 104 Å². The van der Waals surface area contributed by atoms with Crippen LogP contribution in [0.25, 0.3) is 0 Å². The lowest BCUT2D eigenvalue weighted by molar-refractivity contribution is -0.157. The minimum absolute atomic E-state index is 0.331. The van der Waals surface area contributed by atoms with E-state index in [2.05, 4.69) is 4.74 Å². The number of carbonyl (C=O) groups is 3. The van der Waals surface area contributed by atoms with Crippen LogP contribution in [-0.4, -0.2) is 42.3 Å². The maximum Gasteiger partial charge on any atom is 0.328 e. The molecular weight excluding hydrogens is 234 g/mol. The number of benzene rings is 1. The van der Waals surface area contributed by atoms with Crippen LogP contribution >= 0.6 is 0 Å². The monoisotopic (exact) mass is 247 g/mol. The lowest BCUT2D eigenvalue weighted by Crippen LogP contribution is -2.57. The largest absolute Gasteiger partial charge is 0.467 e. The number of methoxy groups -OCH3 is 1. The predicted octanol–water partition coefficient (Wildman–Crippen LogP) is 0.643. The van der Waals surface area contributed by atoms with Gasteiger partial charge in [0, 0.05) is 12.1 Å². The Hall–Kier alpha value is -2.17. The zero-order valence-electron chi connectivity index (χ0n) is 9.96. The number of esters is 1. The number of rotatable bonds is 3. The summed E-state index contributed by atoms with van der Waals surface area (Å²) in [5, 5.41) is 0. The maximum absolute atomic E-state index is 11.9. The first-order valence-corrected chi connectivity index (χ1v) is 5.63. The summed E-state index contributed by atoms with van der Waals surface area (Å²) in [4.78, 5) is 36.4. The average molecular weight is 247 g/mol. The summed E-state index contributed by atoms with van der Waals surface area (Å²) in [5.41, 5.74) is 0.331. The number of hydrogen-bond acceptors (Lipinski definition) is 4. The quantitative estimate of drug-likeness (QED) is 0.447. The minimum Gasteiger partial charge on any atom is -0.467 e. The maximum atomic E-state index is 11.9. The number of nitrogens with zero attached hydrogens (tertiary/aromatic N) is 1. The first-order valence-electron chi connectivity index (χ1n) is 5.63. The molecule has 1 atom stereocenters. The highest BCUT2D eigenvalue weighted by Gasteiger charge is 2.40. The van der Waals surface area contributed by atoms with Crippen LogP contribution in [0.4, 0.5) is 0 Å². The second kappa shape index (κ2) is 5.00. The fraction of sp³-hybridized carbons (Fsp3) is 0.308. The minimum atomic E-state index is -0.650. The van der Waals surface area contributed by atoms with Crippen LogP contribution in [0.5, 0.6) is 0 Å². The van der Waals surface area contributed by atoms with E-state index in [1.165, 1.54) is 12.0 Å². The molecule has 0 aromatic heterocycles. The van der Waals surface area contributed by atoms with Crippen molar-refractivity contribution >= 4 is 17.7 Å². The van der Waals surface area contributed by atoms with E-state index in [4.69, 9.17) is 0 Å². The van der Waals surface area contributed by atoms with Crippen molar-refractivity contribution < 1.29 is 19.1 Å². The third-order valence-corrected chi connectivity index (χ3v) is 2.98. The second-order valence-electron chi connectivity index (χ2n) is 4.02. The smallest absolute Gasteiger partial charge is 0.328 e. The standard InChI is InChI=1S/C13H13NO4/c1-18-13(17)10-7-8-14(10)12(16)11(15)9-5-3-2-4-6-9/h2-6,10H,7-8H2,1H3/t10-/m0/s1. The van der Waals surface area contributed by atoms with Gasteiger partial charge in [-0.15, -0.1) is 0 Å². The normalized spacial score (nSPS) is 17.8. The van der Waals surface area contributed by atoms with Gasteiger partial charge < -0.3 is 9.64 Å². The van der Waals surface area contributed by atoms with Crippen LogP contribution in [0, 0.1) is 0 Å². The summed E-state index contributed by atoms with van der Waals surface area (Å²) < 4.78 is 4.58. The van der Waals surface area contributed by atoms with Gasteiger partial charge in [0.2, 0.25) is 5.78 Å². The van der Waals surface area contributed by atoms with Gasteiger partial charge in [0.15, 0.2) is 0 Å². The Bertz CT molecular complexity index is 483. The van der Waals surface area contributed by atoms with Crippen molar-refractivity contribution in [2.45, 2.75) is 12.5 Å². The van der Waals surface area contributed by atoms with Crippen LogP contribution in [-0.2, 0) is 14.3 Å². The molecule has 94 valence electrons. The molecule has 1 heterocycles. The molecule has 1 fully saturated rings. The lowest BCUT2D eigenvalue weighted by Gasteiger charge is -2.38. The lowest BCUT2D eigenvalue weighted by atomic mass is 10.0. The number of likely N-dealkylation sites (tertiary alicyclic amines) is 1. The van der Waals surface area contributed by atoms with Crippen LogP contribution in [0.15, 0.2) is 30.3 Å². The molecule has 5 heteroatoms. The molecule has 18 heavy (non-hydrogen) atoms. The molecule has 0 radical (unpaired) electrons. The Morgan fingerprint density at radius 1 is 1.22 bits per heavy atom. The highest BCUT2D eigenvalue weighted by Crippen LogP contribution is 2.20. The van der Waals surface area contributed by atoms with E-state index in [0.717, 1.165) is 0 Å². The summed E-state index contributed by atoms with van der Waals surface area (Å²) in [6, 6.07) is 7.68. The fourth-order valence-electron chi connectivity index (χ4n) is 1.85. The molecule has 1 saturated heterocycles. The molecule has 0 unspecified atom stereocenters. The number of Topliss-reactive ketones (excluding diaryl/α,β-unsaturated/α-hetero) is 1. The zero-order valence-corrected chi connectivity index (χ0v) is 9.96. The van der Waals surface area contributed by atoms with Crippen LogP contribution in [0.2, 0.25) is 0 Å². The highest BCUT2D eigenvalue weighted by molar-refractivity contribution is 6.43. The van der Waals surface area contributed by atoms with E-state index < -0.39 is 23.7 Å². The van der Waals surface area contributed by atoms with Crippen LogP contribution in [0.3, 0.4) is 0 Å². The molecule has 1 aromatic rings. The molecule has 5 nitrogen and oxygen atoms in total. The van der Waals surface area contributed by atoms with Crippen molar-refractivity contribution in [2.24, 2.45) is 0 Å². The number of carbonyl (C=O) groups excluding carboxylic acids is 3. The predicted molar refractivity (Wildman–Crippen MR) is 62.9 cm³/mol. The summed E-state index contributed by atoms with van der Waals surface area (Å²) in [7, 11) is 1.27. The van der Waals surface area contributed by atoms with Crippen molar-refractivity contribution in [3.05, 3.63) is 35.9 Å². The van der Waals surface area contributed by atoms with Crippen LogP contribution < -0.4 is 0 Å². The molecule has 0 aliphatic carbocycles. The molecule has 1 aliphatic rings. The van der Waals surface area contributed by atoms with Gasteiger partial charge in [-0.05, 0) is 6.42 Å². The highest BCUT2D eigenvalue weighted by atomic mass is 16.5. The topological polar surface area (TPSA) is 63.7 Å². The molecule has 1 aliphatic heterocycles. The SMILES string of the molecule is COC(=O)[C@@H]1CCN1C(=O)C(=O)c1ccccc1. The van der Waals surface area contributed by atoms with Crippen molar-refractivity contribution in [1.29, 1.82) is 0 Å². The van der Waals surface area contributed by atoms with E-state index >= 15 is 0 Å². The Morgan fingerprint density at radius 2 is 1.89 bits per heavy atom. The van der Waals surface area contributed by atoms with Gasteiger partial charge in [-0.1, -0.05) is 30.3 Å². The summed E-state index contributed by atoms with van der Waals surface area (Å²) >= 11 is 0. The Balaban J connectivity index is 2.09. The molecule has 0 saturated carbocycles. The third-order valence-electron chi connectivity index (χ3n) is 2.98. The molecule has 0 spiro atoms. The van der Waals surface area contributed by atoms with E-state index in [1.54, 1.807) is 30.3 Å². The van der Waals surface area contributed by atoms with E-state index in [1.807, 2.05) is 0 Å². The van der Waals surface area contributed by atoms with Crippen molar-refractivity contribution in [3.63, 3.8) is 0 Å². The summed E-state index contributed by atoms with van der Waals surface area (Å²) in [6.45, 7) is 0.414. The summed E-state index contributed by atoms with van der Waals surface area (Å²) in [6.07, 6.45) is 0.542.